The maximum atomic E-state index is 12.7. The van der Waals surface area contributed by atoms with Gasteiger partial charge in [-0.05, 0) is 33.6 Å². The molecule has 0 saturated carbocycles. The molecule has 146 valence electrons. The number of carbonyl (C=O) groups excluding carboxylic acids is 1. The Bertz CT molecular complexity index is 1050. The standard InChI is InChI=1S/C21H25N5O2/c1-21(2,3)26-18-16(13-22-26)19(28)24-20(23-18)25-11-9-15(10-12-25)17(27)14-7-5-4-6-8-14/h4-8,13,15H,9-12H2,1-3H3,(H,23,24,28). The van der Waals surface area contributed by atoms with Crippen LogP contribution in [0.15, 0.2) is 41.3 Å². The highest BCUT2D eigenvalue weighted by Crippen LogP contribution is 2.25. The maximum absolute atomic E-state index is 12.7. The summed E-state index contributed by atoms with van der Waals surface area (Å²) in [7, 11) is 0. The van der Waals surface area contributed by atoms with Crippen molar-refractivity contribution in [2.75, 3.05) is 18.0 Å². The number of piperidine rings is 1. The third-order valence-corrected chi connectivity index (χ3v) is 5.28. The first-order chi connectivity index (χ1) is 13.3. The molecule has 0 atom stereocenters. The lowest BCUT2D eigenvalue weighted by Gasteiger charge is -2.31. The van der Waals surface area contributed by atoms with Crippen molar-refractivity contribution in [3.63, 3.8) is 0 Å². The molecule has 0 spiro atoms. The molecule has 1 saturated heterocycles. The Morgan fingerprint density at radius 2 is 1.82 bits per heavy atom. The number of ketones is 1. The van der Waals surface area contributed by atoms with Crippen LogP contribution in [0.5, 0.6) is 0 Å². The van der Waals surface area contributed by atoms with Gasteiger partial charge in [0.1, 0.15) is 5.39 Å². The third-order valence-electron chi connectivity index (χ3n) is 5.28. The fourth-order valence-corrected chi connectivity index (χ4v) is 3.74. The molecule has 0 bridgehead atoms. The molecule has 1 aromatic carbocycles. The van der Waals surface area contributed by atoms with Crippen LogP contribution in [0.2, 0.25) is 0 Å². The van der Waals surface area contributed by atoms with E-state index in [1.807, 2.05) is 51.1 Å². The molecule has 2 aromatic heterocycles. The molecular weight excluding hydrogens is 354 g/mol. The van der Waals surface area contributed by atoms with E-state index in [2.05, 4.69) is 15.0 Å². The van der Waals surface area contributed by atoms with Crippen LogP contribution in [-0.2, 0) is 5.54 Å². The van der Waals surface area contributed by atoms with Gasteiger partial charge >= 0.3 is 0 Å². The lowest BCUT2D eigenvalue weighted by molar-refractivity contribution is 0.0900. The molecule has 3 heterocycles. The second-order valence-electron chi connectivity index (χ2n) is 8.35. The number of hydrogen-bond acceptors (Lipinski definition) is 5. The smallest absolute Gasteiger partial charge is 0.263 e. The topological polar surface area (TPSA) is 83.9 Å². The van der Waals surface area contributed by atoms with Crippen molar-refractivity contribution in [2.24, 2.45) is 5.92 Å². The molecule has 1 aliphatic heterocycles. The quantitative estimate of drug-likeness (QED) is 0.707. The van der Waals surface area contributed by atoms with Crippen LogP contribution >= 0.6 is 0 Å². The van der Waals surface area contributed by atoms with E-state index in [1.54, 1.807) is 10.9 Å². The molecular formula is C21H25N5O2. The summed E-state index contributed by atoms with van der Waals surface area (Å²) in [6.07, 6.45) is 3.06. The van der Waals surface area contributed by atoms with Gasteiger partial charge in [-0.15, -0.1) is 0 Å². The number of aromatic amines is 1. The van der Waals surface area contributed by atoms with E-state index in [0.717, 1.165) is 18.4 Å². The molecule has 0 amide bonds. The van der Waals surface area contributed by atoms with Crippen LogP contribution in [0.25, 0.3) is 11.0 Å². The second kappa shape index (κ2) is 6.89. The van der Waals surface area contributed by atoms with E-state index < -0.39 is 0 Å². The number of H-pyrrole nitrogens is 1. The number of aromatic nitrogens is 4. The highest BCUT2D eigenvalue weighted by atomic mass is 16.1. The molecule has 7 nitrogen and oxygen atoms in total. The number of hydrogen-bond donors (Lipinski definition) is 1. The molecule has 0 radical (unpaired) electrons. The predicted octanol–water partition coefficient (Wildman–Crippen LogP) is 2.97. The number of carbonyl (C=O) groups is 1. The summed E-state index contributed by atoms with van der Waals surface area (Å²) in [5, 5.41) is 4.85. The number of benzene rings is 1. The Balaban J connectivity index is 1.56. The van der Waals surface area contributed by atoms with Crippen LogP contribution in [0.4, 0.5) is 5.95 Å². The first kappa shape index (κ1) is 18.4. The van der Waals surface area contributed by atoms with Crippen molar-refractivity contribution in [3.8, 4) is 0 Å². The summed E-state index contributed by atoms with van der Waals surface area (Å²) in [6.45, 7) is 7.46. The fraction of sp³-hybridized carbons (Fsp3) is 0.429. The van der Waals surface area contributed by atoms with Crippen molar-refractivity contribution in [1.29, 1.82) is 0 Å². The highest BCUT2D eigenvalue weighted by molar-refractivity contribution is 5.97. The van der Waals surface area contributed by atoms with Crippen LogP contribution in [0, 0.1) is 5.92 Å². The zero-order valence-electron chi connectivity index (χ0n) is 16.5. The van der Waals surface area contributed by atoms with E-state index in [4.69, 9.17) is 4.98 Å². The van der Waals surface area contributed by atoms with Gasteiger partial charge in [-0.1, -0.05) is 30.3 Å². The molecule has 1 aliphatic rings. The minimum Gasteiger partial charge on any atom is -0.342 e. The summed E-state index contributed by atoms with van der Waals surface area (Å²) in [6, 6.07) is 9.44. The second-order valence-corrected chi connectivity index (χ2v) is 8.35. The molecule has 0 unspecified atom stereocenters. The third kappa shape index (κ3) is 3.32. The van der Waals surface area contributed by atoms with E-state index in [-0.39, 0.29) is 22.8 Å². The van der Waals surface area contributed by atoms with Gasteiger partial charge in [0.15, 0.2) is 11.4 Å². The predicted molar refractivity (Wildman–Crippen MR) is 109 cm³/mol. The molecule has 4 rings (SSSR count). The average molecular weight is 379 g/mol. The van der Waals surface area contributed by atoms with Gasteiger partial charge in [-0.2, -0.15) is 10.1 Å². The minimum absolute atomic E-state index is 0.00852. The molecule has 1 N–H and O–H groups in total. The van der Waals surface area contributed by atoms with Gasteiger partial charge in [0.2, 0.25) is 5.95 Å². The van der Waals surface area contributed by atoms with Gasteiger partial charge in [-0.3, -0.25) is 14.6 Å². The number of Topliss-reactive ketones (excluding diaryl/α,β-unsaturated/α-hetero) is 1. The number of rotatable bonds is 3. The molecule has 28 heavy (non-hydrogen) atoms. The van der Waals surface area contributed by atoms with E-state index in [9.17, 15) is 9.59 Å². The fourth-order valence-electron chi connectivity index (χ4n) is 3.74. The van der Waals surface area contributed by atoms with E-state index in [0.29, 0.717) is 30.1 Å². The maximum Gasteiger partial charge on any atom is 0.263 e. The van der Waals surface area contributed by atoms with Crippen LogP contribution in [0.1, 0.15) is 44.0 Å². The summed E-state index contributed by atoms with van der Waals surface area (Å²) in [5.74, 6) is 0.756. The summed E-state index contributed by atoms with van der Waals surface area (Å²) in [4.78, 5) is 34.8. The number of nitrogens with zero attached hydrogens (tertiary/aromatic N) is 4. The average Bonchev–Trinajstić information content (AvgIpc) is 3.13. The summed E-state index contributed by atoms with van der Waals surface area (Å²) < 4.78 is 1.78. The normalized spacial score (nSPS) is 15.9. The zero-order valence-corrected chi connectivity index (χ0v) is 16.5. The first-order valence-corrected chi connectivity index (χ1v) is 9.67. The Labute approximate surface area is 163 Å². The number of fused-ring (bicyclic) bond motifs is 1. The zero-order chi connectivity index (χ0) is 19.9. The van der Waals surface area contributed by atoms with Gasteiger partial charge in [0.25, 0.3) is 5.56 Å². The number of anilines is 1. The van der Waals surface area contributed by atoms with Crippen LogP contribution in [-0.4, -0.2) is 38.6 Å². The Kier molecular flexibility index (Phi) is 4.53. The Morgan fingerprint density at radius 3 is 2.46 bits per heavy atom. The lowest BCUT2D eigenvalue weighted by atomic mass is 9.89. The minimum atomic E-state index is -0.269. The van der Waals surface area contributed by atoms with Crippen molar-refractivity contribution in [2.45, 2.75) is 39.2 Å². The SMILES string of the molecule is CC(C)(C)n1ncc2c(=O)[nH]c(N3CCC(C(=O)c4ccccc4)CC3)nc21. The number of nitrogens with one attached hydrogen (secondary N) is 1. The van der Waals surface area contributed by atoms with E-state index in [1.165, 1.54) is 0 Å². The van der Waals surface area contributed by atoms with Crippen molar-refractivity contribution < 1.29 is 4.79 Å². The molecule has 3 aromatic rings. The van der Waals surface area contributed by atoms with Crippen molar-refractivity contribution in [1.82, 2.24) is 19.7 Å². The molecule has 0 aliphatic carbocycles. The lowest BCUT2D eigenvalue weighted by Crippen LogP contribution is -2.38. The van der Waals surface area contributed by atoms with Gasteiger partial charge < -0.3 is 4.90 Å². The van der Waals surface area contributed by atoms with Crippen LogP contribution in [0.3, 0.4) is 0 Å². The molecule has 7 heteroatoms. The van der Waals surface area contributed by atoms with Crippen LogP contribution < -0.4 is 10.5 Å². The highest BCUT2D eigenvalue weighted by Gasteiger charge is 2.28. The first-order valence-electron chi connectivity index (χ1n) is 9.67. The van der Waals surface area contributed by atoms with Crippen molar-refractivity contribution >= 4 is 22.8 Å². The van der Waals surface area contributed by atoms with Gasteiger partial charge in [-0.25, -0.2) is 4.68 Å². The Morgan fingerprint density at radius 1 is 1.14 bits per heavy atom. The van der Waals surface area contributed by atoms with E-state index >= 15 is 0 Å². The summed E-state index contributed by atoms with van der Waals surface area (Å²) in [5.41, 5.74) is 0.907. The van der Waals surface area contributed by atoms with Gasteiger partial charge in [0.05, 0.1) is 11.7 Å². The van der Waals surface area contributed by atoms with Gasteiger partial charge in [0, 0.05) is 24.6 Å². The largest absolute Gasteiger partial charge is 0.342 e. The van der Waals surface area contributed by atoms with Crippen molar-refractivity contribution in [3.05, 3.63) is 52.4 Å². The summed E-state index contributed by atoms with van der Waals surface area (Å²) >= 11 is 0. The molecule has 1 fully saturated rings. The monoisotopic (exact) mass is 379 g/mol. The Hall–Kier alpha value is -2.96.